The average molecular weight is 339 g/mol. The summed E-state index contributed by atoms with van der Waals surface area (Å²) < 4.78 is 5.71. The van der Waals surface area contributed by atoms with Crippen molar-refractivity contribution in [1.82, 2.24) is 9.88 Å². The Labute approximate surface area is 149 Å². The van der Waals surface area contributed by atoms with Gasteiger partial charge in [0.15, 0.2) is 0 Å². The molecule has 1 N–H and O–H groups in total. The van der Waals surface area contributed by atoms with Crippen LogP contribution in [0.4, 0.5) is 5.69 Å². The van der Waals surface area contributed by atoms with E-state index in [1.54, 1.807) is 6.92 Å². The van der Waals surface area contributed by atoms with Crippen molar-refractivity contribution in [2.45, 2.75) is 32.2 Å². The number of aromatic nitrogens is 1. The number of hydrogen-bond acceptors (Lipinski definition) is 4. The number of pyridine rings is 1. The van der Waals surface area contributed by atoms with Gasteiger partial charge in [0.1, 0.15) is 0 Å². The standard InChI is InChI=1S/C20H25N3O2/c1-16(24)23-12-9-18(10-13-23)22-19-7-8-20(21-15-19)25-14-11-17-5-3-2-4-6-17/h2-8,15,18,22H,9-14H2,1H3. The van der Waals surface area contributed by atoms with Crippen LogP contribution < -0.4 is 10.1 Å². The third kappa shape index (κ3) is 5.21. The van der Waals surface area contributed by atoms with E-state index in [0.717, 1.165) is 38.0 Å². The summed E-state index contributed by atoms with van der Waals surface area (Å²) in [4.78, 5) is 17.6. The van der Waals surface area contributed by atoms with Crippen molar-refractivity contribution >= 4 is 11.6 Å². The third-order valence-electron chi connectivity index (χ3n) is 4.53. The number of ether oxygens (including phenoxy) is 1. The van der Waals surface area contributed by atoms with E-state index in [1.807, 2.05) is 41.4 Å². The lowest BCUT2D eigenvalue weighted by molar-refractivity contribution is -0.129. The topological polar surface area (TPSA) is 54.5 Å². The van der Waals surface area contributed by atoms with Crippen molar-refractivity contribution in [3.8, 4) is 5.88 Å². The van der Waals surface area contributed by atoms with Crippen molar-refractivity contribution < 1.29 is 9.53 Å². The van der Waals surface area contributed by atoms with E-state index in [9.17, 15) is 4.79 Å². The minimum absolute atomic E-state index is 0.164. The summed E-state index contributed by atoms with van der Waals surface area (Å²) in [5, 5.41) is 3.49. The normalized spacial score (nSPS) is 15.0. The molecule has 0 radical (unpaired) electrons. The van der Waals surface area contributed by atoms with Crippen LogP contribution in [0.2, 0.25) is 0 Å². The largest absolute Gasteiger partial charge is 0.477 e. The highest BCUT2D eigenvalue weighted by Gasteiger charge is 2.20. The first-order valence-electron chi connectivity index (χ1n) is 8.85. The average Bonchev–Trinajstić information content (AvgIpc) is 2.64. The Morgan fingerprint density at radius 1 is 1.20 bits per heavy atom. The Kier molecular flexibility index (Phi) is 5.88. The number of carbonyl (C=O) groups excluding carboxylic acids is 1. The lowest BCUT2D eigenvalue weighted by Gasteiger charge is -2.32. The molecule has 0 aliphatic carbocycles. The van der Waals surface area contributed by atoms with Crippen molar-refractivity contribution in [3.63, 3.8) is 0 Å². The second kappa shape index (κ2) is 8.51. The van der Waals surface area contributed by atoms with Crippen LogP contribution in [0, 0.1) is 0 Å². The SMILES string of the molecule is CC(=O)N1CCC(Nc2ccc(OCCc3ccccc3)nc2)CC1. The Morgan fingerprint density at radius 2 is 1.96 bits per heavy atom. The minimum Gasteiger partial charge on any atom is -0.477 e. The lowest BCUT2D eigenvalue weighted by atomic mass is 10.0. The van der Waals surface area contributed by atoms with Crippen LogP contribution in [0.1, 0.15) is 25.3 Å². The molecule has 5 nitrogen and oxygen atoms in total. The molecule has 1 saturated heterocycles. The molecule has 0 saturated carbocycles. The number of benzene rings is 1. The fourth-order valence-electron chi connectivity index (χ4n) is 3.04. The van der Waals surface area contributed by atoms with Gasteiger partial charge in [-0.05, 0) is 24.5 Å². The second-order valence-electron chi connectivity index (χ2n) is 6.39. The lowest BCUT2D eigenvalue weighted by Crippen LogP contribution is -2.41. The van der Waals surface area contributed by atoms with Gasteiger partial charge >= 0.3 is 0 Å². The van der Waals surface area contributed by atoms with Crippen LogP contribution in [0.3, 0.4) is 0 Å². The Bertz CT molecular complexity index is 665. The maximum Gasteiger partial charge on any atom is 0.219 e. The van der Waals surface area contributed by atoms with Gasteiger partial charge in [-0.3, -0.25) is 4.79 Å². The van der Waals surface area contributed by atoms with Crippen molar-refractivity contribution in [2.24, 2.45) is 0 Å². The highest BCUT2D eigenvalue weighted by atomic mass is 16.5. The van der Waals surface area contributed by atoms with Crippen LogP contribution in [-0.2, 0) is 11.2 Å². The van der Waals surface area contributed by atoms with Crippen LogP contribution >= 0.6 is 0 Å². The monoisotopic (exact) mass is 339 g/mol. The van der Waals surface area contributed by atoms with E-state index in [4.69, 9.17) is 4.74 Å². The van der Waals surface area contributed by atoms with E-state index in [0.29, 0.717) is 18.5 Å². The van der Waals surface area contributed by atoms with Gasteiger partial charge in [0, 0.05) is 38.5 Å². The first-order chi connectivity index (χ1) is 12.2. The van der Waals surface area contributed by atoms with Crippen LogP contribution in [0.15, 0.2) is 48.7 Å². The molecule has 0 bridgehead atoms. The summed E-state index contributed by atoms with van der Waals surface area (Å²) in [6, 6.07) is 14.6. The summed E-state index contributed by atoms with van der Waals surface area (Å²) >= 11 is 0. The van der Waals surface area contributed by atoms with Crippen LogP contribution in [-0.4, -0.2) is 41.5 Å². The van der Waals surface area contributed by atoms with Gasteiger partial charge in [-0.25, -0.2) is 4.98 Å². The van der Waals surface area contributed by atoms with Crippen molar-refractivity contribution in [1.29, 1.82) is 0 Å². The number of piperidine rings is 1. The number of nitrogens with zero attached hydrogens (tertiary/aromatic N) is 2. The van der Waals surface area contributed by atoms with Gasteiger partial charge in [0.25, 0.3) is 0 Å². The number of anilines is 1. The smallest absolute Gasteiger partial charge is 0.219 e. The van der Waals surface area contributed by atoms with Crippen molar-refractivity contribution in [2.75, 3.05) is 25.0 Å². The number of hydrogen-bond donors (Lipinski definition) is 1. The quantitative estimate of drug-likeness (QED) is 0.878. The van der Waals surface area contributed by atoms with Gasteiger partial charge in [0.05, 0.1) is 18.5 Å². The van der Waals surface area contributed by atoms with Crippen LogP contribution in [0.5, 0.6) is 5.88 Å². The predicted molar refractivity (Wildman–Crippen MR) is 98.8 cm³/mol. The number of rotatable bonds is 6. The molecule has 1 aromatic heterocycles. The summed E-state index contributed by atoms with van der Waals surface area (Å²) in [6.45, 7) is 3.89. The van der Waals surface area contributed by atoms with Crippen molar-refractivity contribution in [3.05, 3.63) is 54.2 Å². The third-order valence-corrected chi connectivity index (χ3v) is 4.53. The molecule has 5 heteroatoms. The van der Waals surface area contributed by atoms with E-state index in [2.05, 4.69) is 22.4 Å². The highest BCUT2D eigenvalue weighted by molar-refractivity contribution is 5.73. The summed E-state index contributed by atoms with van der Waals surface area (Å²) in [5.74, 6) is 0.810. The zero-order chi connectivity index (χ0) is 17.5. The Morgan fingerprint density at radius 3 is 2.60 bits per heavy atom. The zero-order valence-electron chi connectivity index (χ0n) is 14.6. The summed E-state index contributed by atoms with van der Waals surface area (Å²) in [7, 11) is 0. The molecule has 1 aliphatic heterocycles. The summed E-state index contributed by atoms with van der Waals surface area (Å²) in [5.41, 5.74) is 2.26. The van der Waals surface area contributed by atoms with E-state index in [1.165, 1.54) is 5.56 Å². The van der Waals surface area contributed by atoms with Crippen LogP contribution in [0.25, 0.3) is 0 Å². The first-order valence-corrected chi connectivity index (χ1v) is 8.85. The number of amides is 1. The highest BCUT2D eigenvalue weighted by Crippen LogP contribution is 2.18. The molecule has 132 valence electrons. The molecule has 1 aliphatic rings. The van der Waals surface area contributed by atoms with E-state index >= 15 is 0 Å². The molecule has 2 heterocycles. The molecule has 0 spiro atoms. The molecule has 0 unspecified atom stereocenters. The Hall–Kier alpha value is -2.56. The van der Waals surface area contributed by atoms with Gasteiger partial charge in [-0.2, -0.15) is 0 Å². The molecule has 1 amide bonds. The fourth-order valence-corrected chi connectivity index (χ4v) is 3.04. The van der Waals surface area contributed by atoms with Gasteiger partial charge in [-0.1, -0.05) is 30.3 Å². The van der Waals surface area contributed by atoms with Gasteiger partial charge in [0.2, 0.25) is 11.8 Å². The molecule has 0 atom stereocenters. The van der Waals surface area contributed by atoms with Gasteiger partial charge in [-0.15, -0.1) is 0 Å². The fraction of sp³-hybridized carbons (Fsp3) is 0.400. The Balaban J connectivity index is 1.42. The van der Waals surface area contributed by atoms with E-state index < -0.39 is 0 Å². The number of carbonyl (C=O) groups is 1. The second-order valence-corrected chi connectivity index (χ2v) is 6.39. The summed E-state index contributed by atoms with van der Waals surface area (Å²) in [6.07, 6.45) is 4.62. The molecule has 25 heavy (non-hydrogen) atoms. The molecular formula is C20H25N3O2. The molecule has 3 rings (SSSR count). The maximum atomic E-state index is 11.4. The number of nitrogens with one attached hydrogen (secondary N) is 1. The minimum atomic E-state index is 0.164. The predicted octanol–water partition coefficient (Wildman–Crippen LogP) is 3.13. The first kappa shape index (κ1) is 17.3. The number of likely N-dealkylation sites (tertiary alicyclic amines) is 1. The van der Waals surface area contributed by atoms with Gasteiger partial charge < -0.3 is 15.0 Å². The zero-order valence-corrected chi connectivity index (χ0v) is 14.6. The molecule has 1 fully saturated rings. The van der Waals surface area contributed by atoms with E-state index in [-0.39, 0.29) is 5.91 Å². The molecule has 1 aromatic carbocycles. The maximum absolute atomic E-state index is 11.4. The molecular weight excluding hydrogens is 314 g/mol. The molecule has 2 aromatic rings.